The maximum atomic E-state index is 11.8. The minimum absolute atomic E-state index is 0.380. The molecule has 0 aliphatic heterocycles. The Bertz CT molecular complexity index is 1090. The molecule has 0 saturated carbocycles. The number of thioether (sulfide) groups is 1. The minimum atomic E-state index is -0.380. The van der Waals surface area contributed by atoms with E-state index in [0.717, 1.165) is 23.2 Å². The summed E-state index contributed by atoms with van der Waals surface area (Å²) in [5.74, 6) is 2.06. The van der Waals surface area contributed by atoms with Crippen LogP contribution in [0.15, 0.2) is 56.1 Å². The first-order chi connectivity index (χ1) is 12.7. The predicted octanol–water partition coefficient (Wildman–Crippen LogP) is 3.86. The molecule has 0 bridgehead atoms. The van der Waals surface area contributed by atoms with Gasteiger partial charge < -0.3 is 9.15 Å². The second-order valence-corrected chi connectivity index (χ2v) is 7.54. The van der Waals surface area contributed by atoms with E-state index in [4.69, 9.17) is 9.15 Å². The van der Waals surface area contributed by atoms with Crippen molar-refractivity contribution in [3.63, 3.8) is 0 Å². The molecule has 132 valence electrons. The van der Waals surface area contributed by atoms with Crippen molar-refractivity contribution < 1.29 is 9.15 Å². The van der Waals surface area contributed by atoms with Gasteiger partial charge in [0, 0.05) is 34.6 Å². The van der Waals surface area contributed by atoms with Gasteiger partial charge in [0.1, 0.15) is 17.2 Å². The summed E-state index contributed by atoms with van der Waals surface area (Å²) in [5.41, 5.74) is 1.02. The maximum Gasteiger partial charge on any atom is 0.336 e. The van der Waals surface area contributed by atoms with Crippen molar-refractivity contribution in [2.45, 2.75) is 17.3 Å². The summed E-state index contributed by atoms with van der Waals surface area (Å²) in [4.78, 5) is 17.6. The van der Waals surface area contributed by atoms with Gasteiger partial charge in [-0.1, -0.05) is 17.8 Å². The van der Waals surface area contributed by atoms with Gasteiger partial charge in [-0.25, -0.2) is 9.78 Å². The van der Waals surface area contributed by atoms with Crippen LogP contribution < -0.4 is 10.4 Å². The van der Waals surface area contributed by atoms with Crippen molar-refractivity contribution in [2.24, 2.45) is 0 Å². The molecular weight excluding hydrogens is 370 g/mol. The Hall–Kier alpha value is -2.58. The Morgan fingerprint density at radius 3 is 3.04 bits per heavy atom. The molecule has 0 fully saturated rings. The lowest BCUT2D eigenvalue weighted by atomic mass is 10.1. The van der Waals surface area contributed by atoms with Gasteiger partial charge in [0.2, 0.25) is 5.16 Å². The van der Waals surface area contributed by atoms with E-state index in [2.05, 4.69) is 21.2 Å². The Morgan fingerprint density at radius 1 is 1.31 bits per heavy atom. The minimum Gasteiger partial charge on any atom is -0.497 e. The molecule has 6 nitrogen and oxygen atoms in total. The van der Waals surface area contributed by atoms with E-state index in [-0.39, 0.29) is 5.63 Å². The number of rotatable bonds is 6. The molecule has 0 aliphatic carbocycles. The zero-order chi connectivity index (χ0) is 17.9. The van der Waals surface area contributed by atoms with E-state index < -0.39 is 0 Å². The molecule has 0 atom stereocenters. The number of aromatic nitrogens is 3. The highest BCUT2D eigenvalue weighted by Gasteiger charge is 2.10. The number of aromatic amines is 1. The molecule has 1 N–H and O–H groups in total. The van der Waals surface area contributed by atoms with Gasteiger partial charge in [0.05, 0.1) is 7.11 Å². The fourth-order valence-electron chi connectivity index (χ4n) is 2.60. The van der Waals surface area contributed by atoms with Crippen LogP contribution in [0.1, 0.15) is 16.3 Å². The molecule has 0 saturated heterocycles. The number of nitrogens with one attached hydrogen (secondary N) is 1. The van der Waals surface area contributed by atoms with E-state index in [9.17, 15) is 4.79 Å². The topological polar surface area (TPSA) is 81.0 Å². The lowest BCUT2D eigenvalue weighted by Gasteiger charge is -2.05. The summed E-state index contributed by atoms with van der Waals surface area (Å²) in [6, 6.07) is 11.1. The standard InChI is InChI=1S/C18H15N3O3S2/c1-23-12-4-5-14-11(7-17(22)24-15(14)8-12)10-26-18-19-16(20-21-18)9-13-3-2-6-25-13/h2-8H,9-10H2,1H3,(H,19,20,21). The van der Waals surface area contributed by atoms with Gasteiger partial charge in [-0.2, -0.15) is 0 Å². The number of thiophene rings is 1. The molecular formula is C18H15N3O3S2. The summed E-state index contributed by atoms with van der Waals surface area (Å²) in [6.45, 7) is 0. The van der Waals surface area contributed by atoms with E-state index in [1.807, 2.05) is 23.6 Å². The zero-order valence-corrected chi connectivity index (χ0v) is 15.5. The summed E-state index contributed by atoms with van der Waals surface area (Å²) >= 11 is 3.17. The molecule has 0 spiro atoms. The van der Waals surface area contributed by atoms with Crippen molar-refractivity contribution >= 4 is 34.1 Å². The number of fused-ring (bicyclic) bond motifs is 1. The smallest absolute Gasteiger partial charge is 0.336 e. The van der Waals surface area contributed by atoms with Crippen LogP contribution in [-0.2, 0) is 12.2 Å². The van der Waals surface area contributed by atoms with Crippen LogP contribution in [-0.4, -0.2) is 22.3 Å². The molecule has 1 aromatic carbocycles. The van der Waals surface area contributed by atoms with E-state index >= 15 is 0 Å². The van der Waals surface area contributed by atoms with Gasteiger partial charge in [0.25, 0.3) is 0 Å². The first kappa shape index (κ1) is 16.9. The lowest BCUT2D eigenvalue weighted by molar-refractivity contribution is 0.414. The average molecular weight is 385 g/mol. The van der Waals surface area contributed by atoms with Crippen molar-refractivity contribution in [3.8, 4) is 5.75 Å². The highest BCUT2D eigenvalue weighted by molar-refractivity contribution is 7.98. The fraction of sp³-hybridized carbons (Fsp3) is 0.167. The van der Waals surface area contributed by atoms with Crippen LogP contribution in [0.3, 0.4) is 0 Å². The van der Waals surface area contributed by atoms with Crippen LogP contribution >= 0.6 is 23.1 Å². The molecule has 4 rings (SSSR count). The predicted molar refractivity (Wildman–Crippen MR) is 102 cm³/mol. The zero-order valence-electron chi connectivity index (χ0n) is 13.9. The van der Waals surface area contributed by atoms with Gasteiger partial charge in [-0.05, 0) is 29.1 Å². The number of ether oxygens (including phenoxy) is 1. The monoisotopic (exact) mass is 385 g/mol. The normalized spacial score (nSPS) is 11.1. The van der Waals surface area contributed by atoms with Gasteiger partial charge in [0.15, 0.2) is 0 Å². The second-order valence-electron chi connectivity index (χ2n) is 5.56. The average Bonchev–Trinajstić information content (AvgIpc) is 3.31. The summed E-state index contributed by atoms with van der Waals surface area (Å²) in [6.07, 6.45) is 0.739. The van der Waals surface area contributed by atoms with Crippen molar-refractivity contribution in [1.29, 1.82) is 0 Å². The number of hydrogen-bond acceptors (Lipinski definition) is 7. The largest absolute Gasteiger partial charge is 0.497 e. The molecule has 26 heavy (non-hydrogen) atoms. The van der Waals surface area contributed by atoms with Gasteiger partial charge in [-0.15, -0.1) is 16.4 Å². The Kier molecular flexibility index (Phi) is 4.77. The summed E-state index contributed by atoms with van der Waals surface area (Å²) in [5, 5.41) is 10.8. The Balaban J connectivity index is 1.53. The van der Waals surface area contributed by atoms with Crippen LogP contribution in [0.25, 0.3) is 11.0 Å². The van der Waals surface area contributed by atoms with Crippen molar-refractivity contribution in [1.82, 2.24) is 15.2 Å². The third-order valence-electron chi connectivity index (χ3n) is 3.83. The third-order valence-corrected chi connectivity index (χ3v) is 5.60. The van der Waals surface area contributed by atoms with E-state index in [1.165, 1.54) is 22.7 Å². The van der Waals surface area contributed by atoms with Crippen LogP contribution in [0.2, 0.25) is 0 Å². The molecule has 4 aromatic rings. The Labute approximate surface area is 157 Å². The SMILES string of the molecule is COc1ccc2c(CSc3n[nH]c(Cc4cccs4)n3)cc(=O)oc2c1. The molecule has 0 radical (unpaired) electrons. The van der Waals surface area contributed by atoms with Gasteiger partial charge in [-0.3, -0.25) is 5.10 Å². The quantitative estimate of drug-likeness (QED) is 0.401. The number of benzene rings is 1. The van der Waals surface area contributed by atoms with Crippen molar-refractivity contribution in [3.05, 3.63) is 68.5 Å². The van der Waals surface area contributed by atoms with Gasteiger partial charge >= 0.3 is 5.63 Å². The summed E-state index contributed by atoms with van der Waals surface area (Å²) in [7, 11) is 1.58. The Morgan fingerprint density at radius 2 is 2.23 bits per heavy atom. The highest BCUT2D eigenvalue weighted by atomic mass is 32.2. The number of hydrogen-bond donors (Lipinski definition) is 1. The van der Waals surface area contributed by atoms with Crippen LogP contribution in [0.5, 0.6) is 5.75 Å². The first-order valence-electron chi connectivity index (χ1n) is 7.88. The van der Waals surface area contributed by atoms with Crippen LogP contribution in [0.4, 0.5) is 0 Å². The molecule has 0 unspecified atom stereocenters. The molecule has 0 amide bonds. The second kappa shape index (κ2) is 7.35. The van der Waals surface area contributed by atoms with E-state index in [0.29, 0.717) is 22.2 Å². The third kappa shape index (κ3) is 3.66. The number of nitrogens with zero attached hydrogens (tertiary/aromatic N) is 2. The fourth-order valence-corrected chi connectivity index (χ4v) is 4.12. The lowest BCUT2D eigenvalue weighted by Crippen LogP contribution is -2.00. The maximum absolute atomic E-state index is 11.8. The number of methoxy groups -OCH3 is 1. The first-order valence-corrected chi connectivity index (χ1v) is 9.75. The van der Waals surface area contributed by atoms with Crippen LogP contribution in [0, 0.1) is 0 Å². The molecule has 3 heterocycles. The summed E-state index contributed by atoms with van der Waals surface area (Å²) < 4.78 is 10.5. The molecule has 8 heteroatoms. The van der Waals surface area contributed by atoms with Crippen molar-refractivity contribution in [2.75, 3.05) is 7.11 Å². The highest BCUT2D eigenvalue weighted by Crippen LogP contribution is 2.27. The molecule has 0 aliphatic rings. The molecule has 3 aromatic heterocycles. The van der Waals surface area contributed by atoms with E-state index in [1.54, 1.807) is 24.5 Å². The number of H-pyrrole nitrogens is 1.